The first-order valence-electron chi connectivity index (χ1n) is 6.40. The van der Waals surface area contributed by atoms with Gasteiger partial charge in [-0.1, -0.05) is 27.7 Å². The Morgan fingerprint density at radius 3 is 2.41 bits per heavy atom. The normalized spacial score (nSPS) is 10.9. The second kappa shape index (κ2) is 7.13. The number of hydrogen-bond donors (Lipinski definition) is 1. The Bertz CT molecular complexity index is 364. The van der Waals surface area contributed by atoms with E-state index >= 15 is 0 Å². The summed E-state index contributed by atoms with van der Waals surface area (Å²) >= 11 is 2.35. The van der Waals surface area contributed by atoms with Gasteiger partial charge in [-0.05, 0) is 41.4 Å². The van der Waals surface area contributed by atoms with E-state index in [4.69, 9.17) is 0 Å². The van der Waals surface area contributed by atoms with E-state index in [-0.39, 0.29) is 0 Å². The molecule has 0 aliphatic rings. The van der Waals surface area contributed by atoms with Crippen LogP contribution in [-0.4, -0.2) is 16.5 Å². The van der Waals surface area contributed by atoms with Gasteiger partial charge in [-0.2, -0.15) is 0 Å². The molecule has 0 atom stereocenters. The van der Waals surface area contributed by atoms with Crippen LogP contribution < -0.4 is 5.32 Å². The molecule has 0 unspecified atom stereocenters. The fraction of sp³-hybridized carbons (Fsp3) is 0.692. The molecule has 96 valence electrons. The Morgan fingerprint density at radius 2 is 1.88 bits per heavy atom. The van der Waals surface area contributed by atoms with Crippen molar-refractivity contribution in [1.82, 2.24) is 9.97 Å². The van der Waals surface area contributed by atoms with Crippen LogP contribution in [0.5, 0.6) is 0 Å². The number of anilines is 1. The van der Waals surface area contributed by atoms with E-state index in [0.29, 0.717) is 5.92 Å². The van der Waals surface area contributed by atoms with Crippen LogP contribution in [0.2, 0.25) is 0 Å². The second-order valence-corrected chi connectivity index (χ2v) is 5.60. The van der Waals surface area contributed by atoms with Crippen molar-refractivity contribution in [3.8, 4) is 0 Å². The number of aromatic nitrogens is 2. The van der Waals surface area contributed by atoms with E-state index in [0.717, 1.165) is 37.4 Å². The third kappa shape index (κ3) is 4.08. The molecule has 1 aromatic heterocycles. The van der Waals surface area contributed by atoms with Gasteiger partial charge in [0.2, 0.25) is 0 Å². The lowest BCUT2D eigenvalue weighted by Crippen LogP contribution is -2.11. The SMILES string of the molecule is CCCNc1nc(CCC)nc(C(C)C)c1I. The zero-order valence-electron chi connectivity index (χ0n) is 11.2. The van der Waals surface area contributed by atoms with Gasteiger partial charge in [0.1, 0.15) is 11.6 Å². The molecule has 0 bridgehead atoms. The van der Waals surface area contributed by atoms with Crippen molar-refractivity contribution >= 4 is 28.4 Å². The van der Waals surface area contributed by atoms with E-state index in [9.17, 15) is 0 Å². The summed E-state index contributed by atoms with van der Waals surface area (Å²) < 4.78 is 1.17. The van der Waals surface area contributed by atoms with Gasteiger partial charge in [0.05, 0.1) is 9.26 Å². The van der Waals surface area contributed by atoms with Crippen LogP contribution in [0, 0.1) is 3.57 Å². The first kappa shape index (κ1) is 14.7. The molecule has 0 spiro atoms. The maximum absolute atomic E-state index is 4.67. The Balaban J connectivity index is 3.08. The quantitative estimate of drug-likeness (QED) is 0.791. The Labute approximate surface area is 118 Å². The van der Waals surface area contributed by atoms with Gasteiger partial charge >= 0.3 is 0 Å². The van der Waals surface area contributed by atoms with Crippen molar-refractivity contribution in [2.75, 3.05) is 11.9 Å². The summed E-state index contributed by atoms with van der Waals surface area (Å²) in [6, 6.07) is 0. The molecular weight excluding hydrogens is 325 g/mol. The highest BCUT2D eigenvalue weighted by Gasteiger charge is 2.14. The van der Waals surface area contributed by atoms with Crippen LogP contribution in [0.4, 0.5) is 5.82 Å². The van der Waals surface area contributed by atoms with Gasteiger partial charge in [0, 0.05) is 13.0 Å². The van der Waals surface area contributed by atoms with Crippen molar-refractivity contribution in [3.63, 3.8) is 0 Å². The average Bonchev–Trinajstić information content (AvgIpc) is 2.29. The van der Waals surface area contributed by atoms with Crippen LogP contribution in [0.25, 0.3) is 0 Å². The Hall–Kier alpha value is -0.390. The highest BCUT2D eigenvalue weighted by Crippen LogP contribution is 2.25. The number of nitrogens with one attached hydrogen (secondary N) is 1. The fourth-order valence-electron chi connectivity index (χ4n) is 1.59. The average molecular weight is 347 g/mol. The lowest BCUT2D eigenvalue weighted by atomic mass is 10.1. The number of hydrogen-bond acceptors (Lipinski definition) is 3. The highest BCUT2D eigenvalue weighted by atomic mass is 127. The monoisotopic (exact) mass is 347 g/mol. The highest BCUT2D eigenvalue weighted by molar-refractivity contribution is 14.1. The molecule has 1 heterocycles. The number of rotatable bonds is 6. The van der Waals surface area contributed by atoms with Gasteiger partial charge in [-0.15, -0.1) is 0 Å². The minimum absolute atomic E-state index is 0.447. The Kier molecular flexibility index (Phi) is 6.16. The first-order valence-corrected chi connectivity index (χ1v) is 7.48. The lowest BCUT2D eigenvalue weighted by molar-refractivity contribution is 0.756. The molecule has 0 aliphatic heterocycles. The second-order valence-electron chi connectivity index (χ2n) is 4.52. The molecule has 0 aliphatic carbocycles. The van der Waals surface area contributed by atoms with Crippen molar-refractivity contribution in [2.24, 2.45) is 0 Å². The predicted molar refractivity (Wildman–Crippen MR) is 81.6 cm³/mol. The largest absolute Gasteiger partial charge is 0.369 e. The van der Waals surface area contributed by atoms with Crippen molar-refractivity contribution in [2.45, 2.75) is 52.9 Å². The minimum Gasteiger partial charge on any atom is -0.369 e. The Morgan fingerprint density at radius 1 is 1.18 bits per heavy atom. The minimum atomic E-state index is 0.447. The maximum atomic E-state index is 4.67. The van der Waals surface area contributed by atoms with Crippen molar-refractivity contribution in [1.29, 1.82) is 0 Å². The van der Waals surface area contributed by atoms with Gasteiger partial charge in [0.15, 0.2) is 0 Å². The van der Waals surface area contributed by atoms with Gasteiger partial charge in [0.25, 0.3) is 0 Å². The molecule has 17 heavy (non-hydrogen) atoms. The number of nitrogens with zero attached hydrogens (tertiary/aromatic N) is 2. The zero-order chi connectivity index (χ0) is 12.8. The summed E-state index contributed by atoms with van der Waals surface area (Å²) in [5, 5.41) is 3.40. The summed E-state index contributed by atoms with van der Waals surface area (Å²) in [7, 11) is 0. The van der Waals surface area contributed by atoms with E-state index in [1.54, 1.807) is 0 Å². The van der Waals surface area contributed by atoms with Crippen LogP contribution in [0.1, 0.15) is 58.0 Å². The third-order valence-electron chi connectivity index (χ3n) is 2.49. The zero-order valence-corrected chi connectivity index (χ0v) is 13.3. The molecular formula is C13H22IN3. The third-order valence-corrected chi connectivity index (χ3v) is 3.55. The predicted octanol–water partition coefficient (Wildman–Crippen LogP) is 3.98. The van der Waals surface area contributed by atoms with Gasteiger partial charge < -0.3 is 5.32 Å². The summed E-state index contributed by atoms with van der Waals surface area (Å²) in [5.74, 6) is 2.42. The molecule has 0 amide bonds. The number of halogens is 1. The fourth-order valence-corrected chi connectivity index (χ4v) is 2.65. The van der Waals surface area contributed by atoms with E-state index in [1.807, 2.05) is 0 Å². The summed E-state index contributed by atoms with van der Waals surface area (Å²) in [6.07, 6.45) is 3.16. The van der Waals surface area contributed by atoms with Gasteiger partial charge in [-0.25, -0.2) is 9.97 Å². The molecule has 0 fully saturated rings. The molecule has 0 saturated heterocycles. The molecule has 3 nitrogen and oxygen atoms in total. The smallest absolute Gasteiger partial charge is 0.143 e. The van der Waals surface area contributed by atoms with E-state index in [1.165, 1.54) is 9.26 Å². The van der Waals surface area contributed by atoms with Crippen LogP contribution in [-0.2, 0) is 6.42 Å². The first-order chi connectivity index (χ1) is 8.10. The molecule has 1 N–H and O–H groups in total. The van der Waals surface area contributed by atoms with Crippen molar-refractivity contribution < 1.29 is 0 Å². The van der Waals surface area contributed by atoms with E-state index < -0.39 is 0 Å². The maximum Gasteiger partial charge on any atom is 0.143 e. The summed E-state index contributed by atoms with van der Waals surface area (Å²) in [4.78, 5) is 9.28. The molecule has 0 aromatic carbocycles. The van der Waals surface area contributed by atoms with E-state index in [2.05, 4.69) is 65.6 Å². The summed E-state index contributed by atoms with van der Waals surface area (Å²) in [5.41, 5.74) is 1.17. The molecule has 4 heteroatoms. The molecule has 1 aromatic rings. The molecule has 0 saturated carbocycles. The molecule has 1 rings (SSSR count). The number of aryl methyl sites for hydroxylation is 1. The standard InChI is InChI=1S/C13H22IN3/c1-5-7-10-16-12(9(3)4)11(14)13(17-10)15-8-6-2/h9H,5-8H2,1-4H3,(H,15,16,17). The topological polar surface area (TPSA) is 37.8 Å². The van der Waals surface area contributed by atoms with Gasteiger partial charge in [-0.3, -0.25) is 0 Å². The summed E-state index contributed by atoms with van der Waals surface area (Å²) in [6.45, 7) is 9.66. The lowest BCUT2D eigenvalue weighted by Gasteiger charge is -2.14. The van der Waals surface area contributed by atoms with Crippen molar-refractivity contribution in [3.05, 3.63) is 15.1 Å². The van der Waals surface area contributed by atoms with Crippen LogP contribution in [0.3, 0.4) is 0 Å². The van der Waals surface area contributed by atoms with Crippen LogP contribution in [0.15, 0.2) is 0 Å². The molecule has 0 radical (unpaired) electrons. The van der Waals surface area contributed by atoms with Crippen LogP contribution >= 0.6 is 22.6 Å².